The molecule has 0 spiro atoms. The Morgan fingerprint density at radius 2 is 1.62 bits per heavy atom. The molecule has 8 nitrogen and oxygen atoms in total. The molecule has 1 N–H and O–H groups in total. The highest BCUT2D eigenvalue weighted by atomic mass is 16.5. The number of urea groups is 1. The molecule has 0 bridgehead atoms. The minimum atomic E-state index is -0.950. The van der Waals surface area contributed by atoms with Gasteiger partial charge in [0.25, 0.3) is 11.8 Å². The highest BCUT2D eigenvalue weighted by molar-refractivity contribution is 6.30. The molecule has 0 atom stereocenters. The molecule has 2 rings (SSSR count). The molecule has 1 aliphatic heterocycles. The zero-order valence-corrected chi connectivity index (χ0v) is 13.2. The summed E-state index contributed by atoms with van der Waals surface area (Å²) in [5.74, 6) is -1.80. The van der Waals surface area contributed by atoms with Crippen LogP contribution in [0.5, 0.6) is 5.75 Å². The predicted molar refractivity (Wildman–Crippen MR) is 83.1 cm³/mol. The molecule has 0 aliphatic carbocycles. The number of likely N-dealkylation sites (N-methyl/N-ethyl adjacent to an activating group) is 2. The van der Waals surface area contributed by atoms with Crippen molar-refractivity contribution in [1.82, 2.24) is 9.80 Å². The fraction of sp³-hybridized carbons (Fsp3) is 0.250. The predicted octanol–water partition coefficient (Wildman–Crippen LogP) is 0.974. The van der Waals surface area contributed by atoms with E-state index in [0.29, 0.717) is 11.3 Å². The van der Waals surface area contributed by atoms with Gasteiger partial charge in [0.1, 0.15) is 11.3 Å². The first kappa shape index (κ1) is 17.2. The lowest BCUT2D eigenvalue weighted by atomic mass is 10.1. The number of nitrogens with zero attached hydrogens (tertiary/aromatic N) is 2. The van der Waals surface area contributed by atoms with Gasteiger partial charge in [-0.2, -0.15) is 0 Å². The average Bonchev–Trinajstić information content (AvgIpc) is 2.56. The van der Waals surface area contributed by atoms with Crippen LogP contribution in [0.2, 0.25) is 0 Å². The molecular weight excluding hydrogens is 316 g/mol. The van der Waals surface area contributed by atoms with Crippen LogP contribution in [0.25, 0.3) is 6.08 Å². The Kier molecular flexibility index (Phi) is 4.98. The quantitative estimate of drug-likeness (QED) is 0.636. The molecule has 1 aromatic rings. The molecule has 1 fully saturated rings. The number of amides is 4. The van der Waals surface area contributed by atoms with Crippen molar-refractivity contribution in [3.8, 4) is 5.75 Å². The van der Waals surface area contributed by atoms with Gasteiger partial charge in [-0.3, -0.25) is 24.2 Å². The number of barbiturate groups is 1. The van der Waals surface area contributed by atoms with E-state index in [2.05, 4.69) is 0 Å². The molecule has 1 aromatic carbocycles. The van der Waals surface area contributed by atoms with Crippen molar-refractivity contribution in [1.29, 1.82) is 0 Å². The lowest BCUT2D eigenvalue weighted by Crippen LogP contribution is -2.52. The molecule has 126 valence electrons. The minimum Gasteiger partial charge on any atom is -0.493 e. The lowest BCUT2D eigenvalue weighted by molar-refractivity contribution is -0.138. The summed E-state index contributed by atoms with van der Waals surface area (Å²) in [5, 5.41) is 8.55. The monoisotopic (exact) mass is 332 g/mol. The van der Waals surface area contributed by atoms with E-state index in [9.17, 15) is 19.2 Å². The summed E-state index contributed by atoms with van der Waals surface area (Å²) in [6.45, 7) is 0.0461. The van der Waals surface area contributed by atoms with Crippen molar-refractivity contribution >= 4 is 29.9 Å². The van der Waals surface area contributed by atoms with Crippen LogP contribution < -0.4 is 4.74 Å². The number of carboxylic acids is 1. The lowest BCUT2D eigenvalue weighted by Gasteiger charge is -2.28. The Hall–Kier alpha value is -3.16. The fourth-order valence-electron chi connectivity index (χ4n) is 2.06. The van der Waals surface area contributed by atoms with E-state index in [1.54, 1.807) is 24.3 Å². The Bertz CT molecular complexity index is 697. The van der Waals surface area contributed by atoms with Gasteiger partial charge in [0.15, 0.2) is 0 Å². The van der Waals surface area contributed by atoms with Gasteiger partial charge in [-0.05, 0) is 23.8 Å². The van der Waals surface area contributed by atoms with E-state index < -0.39 is 23.8 Å². The summed E-state index contributed by atoms with van der Waals surface area (Å²) in [5.41, 5.74) is 0.465. The number of carboxylic acid groups (broad SMARTS) is 1. The maximum Gasteiger partial charge on any atom is 0.333 e. The smallest absolute Gasteiger partial charge is 0.333 e. The van der Waals surface area contributed by atoms with Crippen LogP contribution in [0, 0.1) is 0 Å². The first-order chi connectivity index (χ1) is 11.3. The van der Waals surface area contributed by atoms with Gasteiger partial charge in [0.05, 0.1) is 13.0 Å². The Morgan fingerprint density at radius 3 is 2.12 bits per heavy atom. The van der Waals surface area contributed by atoms with E-state index in [1.165, 1.54) is 20.2 Å². The van der Waals surface area contributed by atoms with Gasteiger partial charge in [0, 0.05) is 14.1 Å². The molecule has 1 aliphatic rings. The second-order valence-electron chi connectivity index (χ2n) is 5.13. The normalized spacial score (nSPS) is 14.9. The summed E-state index contributed by atoms with van der Waals surface area (Å²) in [7, 11) is 2.61. The third kappa shape index (κ3) is 3.60. The zero-order chi connectivity index (χ0) is 17.9. The number of imide groups is 2. The van der Waals surface area contributed by atoms with Crippen molar-refractivity contribution in [3.63, 3.8) is 0 Å². The number of hydrogen-bond acceptors (Lipinski definition) is 5. The summed E-state index contributed by atoms with van der Waals surface area (Å²) < 4.78 is 5.26. The minimum absolute atomic E-state index is 0.0461. The van der Waals surface area contributed by atoms with Crippen molar-refractivity contribution in [2.24, 2.45) is 0 Å². The number of ether oxygens (including phenoxy) is 1. The molecule has 0 saturated carbocycles. The van der Waals surface area contributed by atoms with Gasteiger partial charge in [0.2, 0.25) is 0 Å². The highest BCUT2D eigenvalue weighted by Gasteiger charge is 2.37. The van der Waals surface area contributed by atoms with Gasteiger partial charge >= 0.3 is 12.0 Å². The number of rotatable bonds is 5. The number of hydrogen-bond donors (Lipinski definition) is 1. The van der Waals surface area contributed by atoms with Crippen LogP contribution in [-0.2, 0) is 14.4 Å². The summed E-state index contributed by atoms with van der Waals surface area (Å²) in [6, 6.07) is 5.78. The maximum atomic E-state index is 12.1. The number of aliphatic carboxylic acids is 1. The maximum absolute atomic E-state index is 12.1. The van der Waals surface area contributed by atoms with Crippen molar-refractivity contribution in [2.45, 2.75) is 6.42 Å². The van der Waals surface area contributed by atoms with Crippen LogP contribution in [0.3, 0.4) is 0 Å². The Balaban J connectivity index is 2.15. The van der Waals surface area contributed by atoms with Crippen LogP contribution in [0.15, 0.2) is 29.8 Å². The van der Waals surface area contributed by atoms with Gasteiger partial charge < -0.3 is 9.84 Å². The van der Waals surface area contributed by atoms with Crippen LogP contribution in [0.4, 0.5) is 4.79 Å². The van der Waals surface area contributed by atoms with Crippen LogP contribution in [-0.4, -0.2) is 59.4 Å². The van der Waals surface area contributed by atoms with Gasteiger partial charge in [-0.15, -0.1) is 0 Å². The van der Waals surface area contributed by atoms with E-state index in [-0.39, 0.29) is 18.6 Å². The number of benzene rings is 1. The Labute approximate surface area is 137 Å². The summed E-state index contributed by atoms with van der Waals surface area (Å²) >= 11 is 0. The standard InChI is InChI=1S/C16H16N2O6/c1-17-14(21)12(15(22)18(2)16(17)23)9-10-3-5-11(6-4-10)24-8-7-13(19)20/h3-6,9H,7-8H2,1-2H3,(H,19,20). The van der Waals surface area contributed by atoms with Crippen LogP contribution in [0.1, 0.15) is 12.0 Å². The zero-order valence-electron chi connectivity index (χ0n) is 13.2. The molecular formula is C16H16N2O6. The van der Waals surface area contributed by atoms with E-state index in [1.807, 2.05) is 0 Å². The topological polar surface area (TPSA) is 104 Å². The molecule has 0 unspecified atom stereocenters. The number of carbonyl (C=O) groups is 4. The molecule has 0 aromatic heterocycles. The van der Waals surface area contributed by atoms with Crippen molar-refractivity contribution < 1.29 is 29.0 Å². The second kappa shape index (κ2) is 6.95. The highest BCUT2D eigenvalue weighted by Crippen LogP contribution is 2.19. The molecule has 24 heavy (non-hydrogen) atoms. The van der Waals surface area contributed by atoms with Crippen molar-refractivity contribution in [3.05, 3.63) is 35.4 Å². The number of carbonyl (C=O) groups excluding carboxylic acids is 3. The SMILES string of the molecule is CN1C(=O)C(=Cc2ccc(OCCC(=O)O)cc2)C(=O)N(C)C1=O. The fourth-order valence-corrected chi connectivity index (χ4v) is 2.06. The van der Waals surface area contributed by atoms with E-state index in [0.717, 1.165) is 9.80 Å². The Morgan fingerprint density at radius 1 is 1.08 bits per heavy atom. The molecule has 4 amide bonds. The second-order valence-corrected chi connectivity index (χ2v) is 5.13. The molecule has 1 saturated heterocycles. The summed E-state index contributed by atoms with van der Waals surface area (Å²) in [4.78, 5) is 48.0. The van der Waals surface area contributed by atoms with E-state index >= 15 is 0 Å². The first-order valence-corrected chi connectivity index (χ1v) is 7.07. The van der Waals surface area contributed by atoms with E-state index in [4.69, 9.17) is 9.84 Å². The van der Waals surface area contributed by atoms with Gasteiger partial charge in [-0.1, -0.05) is 12.1 Å². The largest absolute Gasteiger partial charge is 0.493 e. The third-order valence-electron chi connectivity index (χ3n) is 3.42. The molecule has 1 heterocycles. The molecule has 8 heteroatoms. The average molecular weight is 332 g/mol. The van der Waals surface area contributed by atoms with Crippen molar-refractivity contribution in [2.75, 3.05) is 20.7 Å². The van der Waals surface area contributed by atoms with Gasteiger partial charge in [-0.25, -0.2) is 4.79 Å². The van der Waals surface area contributed by atoms with Crippen LogP contribution >= 0.6 is 0 Å². The summed E-state index contributed by atoms with van der Waals surface area (Å²) in [6.07, 6.45) is 1.28. The third-order valence-corrected chi connectivity index (χ3v) is 3.42. The first-order valence-electron chi connectivity index (χ1n) is 7.07. The molecule has 0 radical (unpaired) electrons.